The highest BCUT2D eigenvalue weighted by atomic mass is 16.6. The molecule has 2 N–H and O–H groups in total. The summed E-state index contributed by atoms with van der Waals surface area (Å²) in [4.78, 5) is 28.9. The first kappa shape index (κ1) is 37.7. The van der Waals surface area contributed by atoms with Gasteiger partial charge in [0.1, 0.15) is 13.5 Å². The van der Waals surface area contributed by atoms with E-state index in [0.717, 1.165) is 39.0 Å². The van der Waals surface area contributed by atoms with E-state index in [-0.39, 0.29) is 13.5 Å². The van der Waals surface area contributed by atoms with Gasteiger partial charge < -0.3 is 9.47 Å². The molecule has 0 saturated carbocycles. The number of carbonyl (C=O) groups excluding carboxylic acids is 2. The summed E-state index contributed by atoms with van der Waals surface area (Å²) in [5, 5.41) is 5.51. The highest BCUT2D eigenvalue weighted by Crippen LogP contribution is 2.15. The number of anilines is 2. The van der Waals surface area contributed by atoms with Crippen molar-refractivity contribution in [2.75, 3.05) is 50.3 Å². The Kier molecular flexibility index (Phi) is 23.6. The van der Waals surface area contributed by atoms with Gasteiger partial charge in [-0.25, -0.2) is 9.59 Å². The molecule has 0 bridgehead atoms. The van der Waals surface area contributed by atoms with Crippen molar-refractivity contribution >= 4 is 23.6 Å². The van der Waals surface area contributed by atoms with E-state index in [1.54, 1.807) is 24.3 Å². The van der Waals surface area contributed by atoms with Gasteiger partial charge in [-0.2, -0.15) is 0 Å². The lowest BCUT2D eigenvalue weighted by molar-refractivity contribution is 0.0792. The fourth-order valence-corrected chi connectivity index (χ4v) is 4.81. The van der Waals surface area contributed by atoms with E-state index in [1.165, 1.54) is 89.9 Å². The van der Waals surface area contributed by atoms with Gasteiger partial charge in [-0.3, -0.25) is 20.4 Å². The Morgan fingerprint density at radius 3 is 1.14 bits per heavy atom. The van der Waals surface area contributed by atoms with Crippen LogP contribution in [-0.4, -0.2) is 61.6 Å². The third-order valence-electron chi connectivity index (χ3n) is 7.68. The van der Waals surface area contributed by atoms with Gasteiger partial charge in [0.05, 0.1) is 0 Å². The van der Waals surface area contributed by atoms with Crippen LogP contribution in [0.2, 0.25) is 0 Å². The molecule has 0 aromatic heterocycles. The van der Waals surface area contributed by atoms with Crippen LogP contribution in [0.3, 0.4) is 0 Å². The van der Waals surface area contributed by atoms with Gasteiger partial charge in [0.15, 0.2) is 0 Å². The summed E-state index contributed by atoms with van der Waals surface area (Å²) < 4.78 is 10.8. The number of nitrogens with zero attached hydrogens (tertiary/aromatic N) is 2. The molecule has 0 atom stereocenters. The zero-order chi connectivity index (χ0) is 30.7. The second-order valence-corrected chi connectivity index (χ2v) is 11.3. The largest absolute Gasteiger partial charge is 0.433 e. The molecule has 0 unspecified atom stereocenters. The fraction of sp³-hybridized carbons (Fsp3) is 0.765. The standard InChI is InChI=1S/C34H62N4O4/c1-5-9-11-13-15-17-19-21-27-37(7-3)29-41-33(39)35-31-23-25-32(26-24-31)36-34(40)42-30-38(8-4)28-22-20-18-16-14-12-10-6-2/h23-26H,5-22,27-30H2,1-4H3,(H,35,39)(H,36,40). The average molecular weight is 591 g/mol. The summed E-state index contributed by atoms with van der Waals surface area (Å²) in [7, 11) is 0. The molecule has 0 aliphatic rings. The van der Waals surface area contributed by atoms with Crippen molar-refractivity contribution in [1.82, 2.24) is 9.80 Å². The highest BCUT2D eigenvalue weighted by Gasteiger charge is 2.10. The van der Waals surface area contributed by atoms with Crippen LogP contribution in [0, 0.1) is 0 Å². The van der Waals surface area contributed by atoms with Gasteiger partial charge >= 0.3 is 12.2 Å². The first-order valence-corrected chi connectivity index (χ1v) is 16.9. The van der Waals surface area contributed by atoms with E-state index >= 15 is 0 Å². The molecule has 0 aliphatic heterocycles. The van der Waals surface area contributed by atoms with E-state index in [0.29, 0.717) is 11.4 Å². The molecule has 1 aromatic rings. The Balaban J connectivity index is 2.22. The zero-order valence-electron chi connectivity index (χ0n) is 27.4. The number of rotatable bonds is 26. The Morgan fingerprint density at radius 2 is 0.833 bits per heavy atom. The van der Waals surface area contributed by atoms with Crippen LogP contribution in [0.25, 0.3) is 0 Å². The molecule has 42 heavy (non-hydrogen) atoms. The number of ether oxygens (including phenoxy) is 2. The van der Waals surface area contributed by atoms with Gasteiger partial charge in [-0.1, -0.05) is 118 Å². The molecule has 1 rings (SSSR count). The minimum Gasteiger partial charge on any atom is -0.433 e. The van der Waals surface area contributed by atoms with E-state index in [1.807, 2.05) is 0 Å². The summed E-state index contributed by atoms with van der Waals surface area (Å²) in [5.41, 5.74) is 1.21. The highest BCUT2D eigenvalue weighted by molar-refractivity contribution is 5.87. The number of hydrogen-bond donors (Lipinski definition) is 2. The van der Waals surface area contributed by atoms with Crippen molar-refractivity contribution in [3.63, 3.8) is 0 Å². The van der Waals surface area contributed by atoms with Gasteiger partial charge in [-0.05, 0) is 50.2 Å². The van der Waals surface area contributed by atoms with Crippen LogP contribution in [0.4, 0.5) is 21.0 Å². The second kappa shape index (κ2) is 26.3. The van der Waals surface area contributed by atoms with E-state index < -0.39 is 12.2 Å². The number of hydrogen-bond acceptors (Lipinski definition) is 6. The molecule has 0 spiro atoms. The smallest absolute Gasteiger partial charge is 0.412 e. The van der Waals surface area contributed by atoms with Gasteiger partial charge in [0.2, 0.25) is 0 Å². The minimum absolute atomic E-state index is 0.276. The van der Waals surface area contributed by atoms with Crippen LogP contribution < -0.4 is 10.6 Å². The van der Waals surface area contributed by atoms with Crippen LogP contribution in [-0.2, 0) is 9.47 Å². The normalized spacial score (nSPS) is 11.2. The maximum atomic E-state index is 12.3. The Labute approximate surface area is 257 Å². The molecule has 0 radical (unpaired) electrons. The van der Waals surface area contributed by atoms with Crippen LogP contribution in [0.5, 0.6) is 0 Å². The number of carbonyl (C=O) groups is 2. The monoisotopic (exact) mass is 590 g/mol. The van der Waals surface area contributed by atoms with Crippen molar-refractivity contribution < 1.29 is 19.1 Å². The summed E-state index contributed by atoms with van der Waals surface area (Å²) in [6, 6.07) is 6.93. The topological polar surface area (TPSA) is 83.1 Å². The van der Waals surface area contributed by atoms with Gasteiger partial charge in [-0.15, -0.1) is 0 Å². The zero-order valence-corrected chi connectivity index (χ0v) is 27.4. The van der Waals surface area contributed by atoms with Crippen LogP contribution in [0.1, 0.15) is 130 Å². The number of benzene rings is 1. The maximum Gasteiger partial charge on any atom is 0.412 e. The quantitative estimate of drug-likeness (QED) is 0.0825. The minimum atomic E-state index is -0.486. The lowest BCUT2D eigenvalue weighted by atomic mass is 10.1. The predicted octanol–water partition coefficient (Wildman–Crippen LogP) is 9.62. The maximum absolute atomic E-state index is 12.3. The lowest BCUT2D eigenvalue weighted by Crippen LogP contribution is -2.30. The van der Waals surface area contributed by atoms with Crippen molar-refractivity contribution in [1.29, 1.82) is 0 Å². The molecular formula is C34H62N4O4. The molecule has 242 valence electrons. The third kappa shape index (κ3) is 20.5. The predicted molar refractivity (Wildman–Crippen MR) is 176 cm³/mol. The lowest BCUT2D eigenvalue weighted by Gasteiger charge is -2.20. The SMILES string of the molecule is CCCCCCCCCCN(CC)COC(=O)Nc1ccc(NC(=O)OCN(CC)CCCCCCCCCC)cc1. The molecule has 0 saturated heterocycles. The average Bonchev–Trinajstić information content (AvgIpc) is 2.99. The molecule has 0 heterocycles. The van der Waals surface area contributed by atoms with E-state index in [4.69, 9.17) is 9.47 Å². The molecule has 8 heteroatoms. The molecule has 2 amide bonds. The van der Waals surface area contributed by atoms with Crippen molar-refractivity contribution in [3.05, 3.63) is 24.3 Å². The molecule has 1 aromatic carbocycles. The first-order valence-electron chi connectivity index (χ1n) is 16.9. The first-order chi connectivity index (χ1) is 20.5. The molecule has 8 nitrogen and oxygen atoms in total. The fourth-order valence-electron chi connectivity index (χ4n) is 4.81. The molecular weight excluding hydrogens is 528 g/mol. The van der Waals surface area contributed by atoms with Crippen molar-refractivity contribution in [3.8, 4) is 0 Å². The Morgan fingerprint density at radius 1 is 0.524 bits per heavy atom. The van der Waals surface area contributed by atoms with Crippen LogP contribution >= 0.6 is 0 Å². The van der Waals surface area contributed by atoms with Crippen molar-refractivity contribution in [2.45, 2.75) is 130 Å². The second-order valence-electron chi connectivity index (χ2n) is 11.3. The van der Waals surface area contributed by atoms with E-state index in [9.17, 15) is 9.59 Å². The Bertz CT molecular complexity index is 725. The van der Waals surface area contributed by atoms with Crippen molar-refractivity contribution in [2.24, 2.45) is 0 Å². The van der Waals surface area contributed by atoms with Gasteiger partial charge in [0, 0.05) is 24.5 Å². The van der Waals surface area contributed by atoms with Crippen LogP contribution in [0.15, 0.2) is 24.3 Å². The number of amides is 2. The van der Waals surface area contributed by atoms with E-state index in [2.05, 4.69) is 48.1 Å². The summed E-state index contributed by atoms with van der Waals surface area (Å²) >= 11 is 0. The summed E-state index contributed by atoms with van der Waals surface area (Å²) in [6.07, 6.45) is 19.6. The Hall–Kier alpha value is -2.32. The number of unbranched alkanes of at least 4 members (excludes halogenated alkanes) is 14. The summed E-state index contributed by atoms with van der Waals surface area (Å²) in [5.74, 6) is 0. The molecule has 0 fully saturated rings. The third-order valence-corrected chi connectivity index (χ3v) is 7.68. The number of nitrogens with one attached hydrogen (secondary N) is 2. The molecule has 0 aliphatic carbocycles. The summed E-state index contributed by atoms with van der Waals surface area (Å²) in [6.45, 7) is 12.8. The van der Waals surface area contributed by atoms with Gasteiger partial charge in [0.25, 0.3) is 0 Å².